The maximum atomic E-state index is 2.46. The topological polar surface area (TPSA) is 0 Å². The van der Waals surface area contributed by atoms with Gasteiger partial charge in [0.15, 0.2) is 0 Å². The van der Waals surface area contributed by atoms with E-state index in [1.165, 1.54) is 44.9 Å². The monoisotopic (exact) mass is 180 g/mol. The van der Waals surface area contributed by atoms with E-state index in [1.807, 2.05) is 0 Å². The molecule has 2 rings (SSSR count). The summed E-state index contributed by atoms with van der Waals surface area (Å²) in [6.45, 7) is 7.39. The molecular formula is C13H24. The number of hydrogen-bond acceptors (Lipinski definition) is 0. The van der Waals surface area contributed by atoms with Crippen molar-refractivity contribution < 1.29 is 0 Å². The molecule has 0 amide bonds. The Kier molecular flexibility index (Phi) is 2.20. The van der Waals surface area contributed by atoms with Gasteiger partial charge in [-0.2, -0.15) is 0 Å². The summed E-state index contributed by atoms with van der Waals surface area (Å²) in [7, 11) is 0. The highest BCUT2D eigenvalue weighted by Crippen LogP contribution is 2.61. The first kappa shape index (κ1) is 9.55. The highest BCUT2D eigenvalue weighted by atomic mass is 14.6. The average Bonchev–Trinajstić information content (AvgIpc) is 2.32. The van der Waals surface area contributed by atoms with Gasteiger partial charge in [-0.05, 0) is 42.4 Å². The van der Waals surface area contributed by atoms with Gasteiger partial charge in [0.2, 0.25) is 0 Å². The highest BCUT2D eigenvalue weighted by Gasteiger charge is 2.51. The predicted octanol–water partition coefficient (Wildman–Crippen LogP) is 4.39. The summed E-state index contributed by atoms with van der Waals surface area (Å²) in [6, 6.07) is 0. The van der Waals surface area contributed by atoms with Crippen LogP contribution in [0.15, 0.2) is 0 Å². The first-order chi connectivity index (χ1) is 6.06. The minimum Gasteiger partial charge on any atom is -0.0596 e. The molecule has 0 unspecified atom stereocenters. The fraction of sp³-hybridized carbons (Fsp3) is 1.00. The van der Waals surface area contributed by atoms with Crippen LogP contribution in [0, 0.1) is 16.7 Å². The SMILES string of the molecule is CC(C)(C)C1(C2CCCC2)CCC1. The van der Waals surface area contributed by atoms with E-state index in [4.69, 9.17) is 0 Å². The Morgan fingerprint density at radius 2 is 1.46 bits per heavy atom. The summed E-state index contributed by atoms with van der Waals surface area (Å²) in [5.41, 5.74) is 1.30. The molecule has 0 aromatic heterocycles. The van der Waals surface area contributed by atoms with Gasteiger partial charge in [0.05, 0.1) is 0 Å². The molecule has 0 spiro atoms. The van der Waals surface area contributed by atoms with Crippen LogP contribution in [0.25, 0.3) is 0 Å². The number of hydrogen-bond donors (Lipinski definition) is 0. The Morgan fingerprint density at radius 3 is 1.77 bits per heavy atom. The van der Waals surface area contributed by atoms with Crippen LogP contribution in [0.5, 0.6) is 0 Å². The van der Waals surface area contributed by atoms with E-state index in [0.717, 1.165) is 11.3 Å². The van der Waals surface area contributed by atoms with Crippen molar-refractivity contribution in [1.29, 1.82) is 0 Å². The fourth-order valence-corrected chi connectivity index (χ4v) is 3.81. The third-order valence-electron chi connectivity index (χ3n) is 4.88. The minimum absolute atomic E-state index is 0.556. The molecule has 2 fully saturated rings. The smallest absolute Gasteiger partial charge is 0.0221 e. The second-order valence-electron chi connectivity index (χ2n) is 6.24. The van der Waals surface area contributed by atoms with Crippen LogP contribution in [-0.2, 0) is 0 Å². The summed E-state index contributed by atoms with van der Waals surface area (Å²) in [4.78, 5) is 0. The van der Waals surface area contributed by atoms with Gasteiger partial charge in [-0.25, -0.2) is 0 Å². The summed E-state index contributed by atoms with van der Waals surface area (Å²) in [5, 5.41) is 0. The molecule has 13 heavy (non-hydrogen) atoms. The van der Waals surface area contributed by atoms with Crippen LogP contribution < -0.4 is 0 Å². The van der Waals surface area contributed by atoms with Gasteiger partial charge in [-0.1, -0.05) is 40.0 Å². The van der Waals surface area contributed by atoms with Gasteiger partial charge in [0.1, 0.15) is 0 Å². The molecule has 2 aliphatic rings. The van der Waals surface area contributed by atoms with Gasteiger partial charge in [0, 0.05) is 0 Å². The van der Waals surface area contributed by atoms with Crippen LogP contribution in [-0.4, -0.2) is 0 Å². The molecule has 2 saturated carbocycles. The number of rotatable bonds is 1. The second-order valence-corrected chi connectivity index (χ2v) is 6.24. The summed E-state index contributed by atoms with van der Waals surface area (Å²) >= 11 is 0. The predicted molar refractivity (Wildman–Crippen MR) is 57.7 cm³/mol. The largest absolute Gasteiger partial charge is 0.0596 e. The Labute approximate surface area is 83.1 Å². The van der Waals surface area contributed by atoms with Crippen LogP contribution >= 0.6 is 0 Å². The van der Waals surface area contributed by atoms with Gasteiger partial charge in [-0.3, -0.25) is 0 Å². The van der Waals surface area contributed by atoms with Crippen LogP contribution in [0.1, 0.15) is 65.7 Å². The van der Waals surface area contributed by atoms with Crippen molar-refractivity contribution in [3.63, 3.8) is 0 Å². The Balaban J connectivity index is 2.14. The maximum Gasteiger partial charge on any atom is -0.0221 e. The molecule has 0 atom stereocenters. The van der Waals surface area contributed by atoms with E-state index in [1.54, 1.807) is 0 Å². The molecule has 0 bridgehead atoms. The van der Waals surface area contributed by atoms with E-state index in [2.05, 4.69) is 20.8 Å². The molecule has 0 aromatic rings. The molecule has 0 heterocycles. The zero-order valence-electron chi connectivity index (χ0n) is 9.53. The van der Waals surface area contributed by atoms with Crippen LogP contribution in [0.2, 0.25) is 0 Å². The molecule has 2 aliphatic carbocycles. The molecule has 0 nitrogen and oxygen atoms in total. The van der Waals surface area contributed by atoms with E-state index in [-0.39, 0.29) is 0 Å². The fourth-order valence-electron chi connectivity index (χ4n) is 3.81. The molecule has 76 valence electrons. The lowest BCUT2D eigenvalue weighted by molar-refractivity contribution is -0.0596. The van der Waals surface area contributed by atoms with Gasteiger partial charge >= 0.3 is 0 Å². The molecule has 0 aliphatic heterocycles. The quantitative estimate of drug-likeness (QED) is 0.561. The lowest BCUT2D eigenvalue weighted by atomic mass is 9.49. The molecular weight excluding hydrogens is 156 g/mol. The third-order valence-corrected chi connectivity index (χ3v) is 4.88. The third kappa shape index (κ3) is 1.33. The molecule has 0 aromatic carbocycles. The van der Waals surface area contributed by atoms with Crippen molar-refractivity contribution in [2.24, 2.45) is 16.7 Å². The average molecular weight is 180 g/mol. The molecule has 0 heteroatoms. The Hall–Kier alpha value is 0. The highest BCUT2D eigenvalue weighted by molar-refractivity contribution is 5.01. The van der Waals surface area contributed by atoms with Gasteiger partial charge in [-0.15, -0.1) is 0 Å². The van der Waals surface area contributed by atoms with E-state index < -0.39 is 0 Å². The van der Waals surface area contributed by atoms with Crippen LogP contribution in [0.4, 0.5) is 0 Å². The summed E-state index contributed by atoms with van der Waals surface area (Å²) < 4.78 is 0. The molecule has 0 N–H and O–H groups in total. The van der Waals surface area contributed by atoms with Crippen molar-refractivity contribution in [2.45, 2.75) is 65.7 Å². The second kappa shape index (κ2) is 3.00. The Bertz CT molecular complexity index is 175. The van der Waals surface area contributed by atoms with E-state index >= 15 is 0 Å². The van der Waals surface area contributed by atoms with Crippen molar-refractivity contribution in [3.05, 3.63) is 0 Å². The maximum absolute atomic E-state index is 2.46. The zero-order chi connectivity index (χ0) is 9.53. The van der Waals surface area contributed by atoms with Crippen LogP contribution in [0.3, 0.4) is 0 Å². The lowest BCUT2D eigenvalue weighted by Gasteiger charge is -2.56. The van der Waals surface area contributed by atoms with Crippen molar-refractivity contribution in [2.75, 3.05) is 0 Å². The van der Waals surface area contributed by atoms with Crippen molar-refractivity contribution in [3.8, 4) is 0 Å². The first-order valence-electron chi connectivity index (χ1n) is 6.06. The van der Waals surface area contributed by atoms with E-state index in [0.29, 0.717) is 5.41 Å². The first-order valence-corrected chi connectivity index (χ1v) is 6.06. The summed E-state index contributed by atoms with van der Waals surface area (Å²) in [6.07, 6.45) is 10.6. The lowest BCUT2D eigenvalue weighted by Crippen LogP contribution is -2.46. The molecule has 0 saturated heterocycles. The van der Waals surface area contributed by atoms with Gasteiger partial charge in [0.25, 0.3) is 0 Å². The summed E-state index contributed by atoms with van der Waals surface area (Å²) in [5.74, 6) is 1.07. The standard InChI is InChI=1S/C13H24/c1-12(2,3)13(9-6-10-13)11-7-4-5-8-11/h11H,4-10H2,1-3H3. The van der Waals surface area contributed by atoms with Crippen molar-refractivity contribution in [1.82, 2.24) is 0 Å². The van der Waals surface area contributed by atoms with Gasteiger partial charge < -0.3 is 0 Å². The van der Waals surface area contributed by atoms with Crippen molar-refractivity contribution >= 4 is 0 Å². The minimum atomic E-state index is 0.556. The Morgan fingerprint density at radius 1 is 0.923 bits per heavy atom. The van der Waals surface area contributed by atoms with E-state index in [9.17, 15) is 0 Å². The molecule has 0 radical (unpaired) electrons. The normalized spacial score (nSPS) is 28.8. The zero-order valence-corrected chi connectivity index (χ0v) is 9.53.